The molecule has 0 spiro atoms. The van der Waals surface area contributed by atoms with Gasteiger partial charge in [0.25, 0.3) is 15.9 Å². The van der Waals surface area contributed by atoms with Crippen LogP contribution in [0.4, 0.5) is 5.69 Å². The smallest absolute Gasteiger partial charge is 0.264 e. The first-order valence-corrected chi connectivity index (χ1v) is 9.67. The van der Waals surface area contributed by atoms with Crippen molar-refractivity contribution in [2.75, 3.05) is 11.4 Å². The lowest BCUT2D eigenvalue weighted by atomic mass is 10.2. The van der Waals surface area contributed by atoms with Crippen LogP contribution in [0.25, 0.3) is 0 Å². The van der Waals surface area contributed by atoms with Gasteiger partial charge in [-0.05, 0) is 50.1 Å². The van der Waals surface area contributed by atoms with Crippen molar-refractivity contribution in [1.82, 2.24) is 5.32 Å². The van der Waals surface area contributed by atoms with Crippen LogP contribution < -0.4 is 9.62 Å². The Morgan fingerprint density at radius 3 is 2.48 bits per heavy atom. The molecule has 1 amide bonds. The number of sulfonamides is 1. The lowest BCUT2D eigenvalue weighted by Gasteiger charge is -2.21. The van der Waals surface area contributed by atoms with E-state index in [2.05, 4.69) is 5.32 Å². The molecule has 0 radical (unpaired) electrons. The van der Waals surface area contributed by atoms with Gasteiger partial charge in [-0.1, -0.05) is 31.2 Å². The summed E-state index contributed by atoms with van der Waals surface area (Å²) in [4.78, 5) is 12.4. The van der Waals surface area contributed by atoms with Crippen LogP contribution in [0.5, 0.6) is 0 Å². The molecular formula is C19H24N2O3S. The van der Waals surface area contributed by atoms with Crippen molar-refractivity contribution in [3.63, 3.8) is 0 Å². The molecule has 1 N–H and O–H groups in total. The predicted molar refractivity (Wildman–Crippen MR) is 100 cm³/mol. The van der Waals surface area contributed by atoms with Crippen molar-refractivity contribution >= 4 is 21.6 Å². The molecule has 134 valence electrons. The number of anilines is 1. The number of amides is 1. The molecule has 6 heteroatoms. The number of hydrogen-bond donors (Lipinski definition) is 1. The van der Waals surface area contributed by atoms with Gasteiger partial charge in [0.2, 0.25) is 0 Å². The van der Waals surface area contributed by atoms with Gasteiger partial charge >= 0.3 is 0 Å². The summed E-state index contributed by atoms with van der Waals surface area (Å²) in [5.41, 5.74) is 1.80. The predicted octanol–water partition coefficient (Wildman–Crippen LogP) is 3.35. The zero-order valence-corrected chi connectivity index (χ0v) is 15.8. The van der Waals surface area contributed by atoms with Crippen molar-refractivity contribution in [1.29, 1.82) is 0 Å². The zero-order valence-electron chi connectivity index (χ0n) is 15.0. The van der Waals surface area contributed by atoms with E-state index in [9.17, 15) is 13.2 Å². The molecule has 0 aliphatic carbocycles. The van der Waals surface area contributed by atoms with Crippen LogP contribution >= 0.6 is 0 Å². The molecule has 0 aromatic heterocycles. The SMILES string of the molecule is CC[C@H](C)NC(=O)c1cccc(S(=O)(=O)N(C)c2ccccc2C)c1. The topological polar surface area (TPSA) is 66.5 Å². The quantitative estimate of drug-likeness (QED) is 0.859. The molecule has 0 aliphatic rings. The summed E-state index contributed by atoms with van der Waals surface area (Å²) < 4.78 is 27.1. The molecule has 2 rings (SSSR count). The minimum Gasteiger partial charge on any atom is -0.350 e. The highest BCUT2D eigenvalue weighted by Crippen LogP contribution is 2.25. The lowest BCUT2D eigenvalue weighted by molar-refractivity contribution is 0.0939. The third-order valence-corrected chi connectivity index (χ3v) is 5.97. The molecule has 0 aliphatic heterocycles. The summed E-state index contributed by atoms with van der Waals surface area (Å²) in [7, 11) is -2.23. The molecule has 0 saturated heterocycles. The lowest BCUT2D eigenvalue weighted by Crippen LogP contribution is -2.32. The van der Waals surface area contributed by atoms with Crippen molar-refractivity contribution in [3.8, 4) is 0 Å². The standard InChI is InChI=1S/C19H24N2O3S/c1-5-15(3)20-19(22)16-10-8-11-17(13-16)25(23,24)21(4)18-12-7-6-9-14(18)2/h6-13,15H,5H2,1-4H3,(H,20,22)/t15-/m0/s1. The maximum atomic E-state index is 12.9. The number of nitrogens with one attached hydrogen (secondary N) is 1. The number of carbonyl (C=O) groups excluding carboxylic acids is 1. The van der Waals surface area contributed by atoms with Gasteiger partial charge < -0.3 is 5.32 Å². The van der Waals surface area contributed by atoms with E-state index in [1.807, 2.05) is 32.9 Å². The monoisotopic (exact) mass is 360 g/mol. The molecule has 0 fully saturated rings. The highest BCUT2D eigenvalue weighted by atomic mass is 32.2. The van der Waals surface area contributed by atoms with E-state index in [1.165, 1.54) is 23.5 Å². The summed E-state index contributed by atoms with van der Waals surface area (Å²) in [6, 6.07) is 13.4. The number of rotatable bonds is 6. The zero-order chi connectivity index (χ0) is 18.6. The normalized spacial score (nSPS) is 12.5. The maximum Gasteiger partial charge on any atom is 0.264 e. The third-order valence-electron chi connectivity index (χ3n) is 4.20. The van der Waals surface area contributed by atoms with E-state index in [0.29, 0.717) is 11.3 Å². The second kappa shape index (κ2) is 7.70. The van der Waals surface area contributed by atoms with Crippen LogP contribution in [0.2, 0.25) is 0 Å². The molecule has 2 aromatic carbocycles. The minimum atomic E-state index is -3.75. The van der Waals surface area contributed by atoms with E-state index in [-0.39, 0.29) is 16.8 Å². The molecule has 2 aromatic rings. The van der Waals surface area contributed by atoms with Gasteiger partial charge in [0.15, 0.2) is 0 Å². The highest BCUT2D eigenvalue weighted by molar-refractivity contribution is 7.92. The van der Waals surface area contributed by atoms with Gasteiger partial charge in [-0.2, -0.15) is 0 Å². The Labute approximate surface area is 149 Å². The fourth-order valence-electron chi connectivity index (χ4n) is 2.41. The Morgan fingerprint density at radius 2 is 1.84 bits per heavy atom. The molecule has 0 heterocycles. The molecule has 0 bridgehead atoms. The first-order valence-electron chi connectivity index (χ1n) is 8.23. The summed E-state index contributed by atoms with van der Waals surface area (Å²) in [5.74, 6) is -0.273. The Morgan fingerprint density at radius 1 is 1.16 bits per heavy atom. The third kappa shape index (κ3) is 4.20. The fourth-order valence-corrected chi connectivity index (χ4v) is 3.72. The van der Waals surface area contributed by atoms with Crippen molar-refractivity contribution in [2.24, 2.45) is 0 Å². The van der Waals surface area contributed by atoms with Gasteiger partial charge in [0, 0.05) is 18.7 Å². The molecule has 5 nitrogen and oxygen atoms in total. The summed E-state index contributed by atoms with van der Waals surface area (Å²) in [6.07, 6.45) is 0.805. The van der Waals surface area contributed by atoms with Gasteiger partial charge in [-0.15, -0.1) is 0 Å². The first-order chi connectivity index (χ1) is 11.8. The van der Waals surface area contributed by atoms with Crippen LogP contribution in [0.3, 0.4) is 0 Å². The molecule has 1 atom stereocenters. The maximum absolute atomic E-state index is 12.9. The van der Waals surface area contributed by atoms with Crippen molar-refractivity contribution < 1.29 is 13.2 Å². The van der Waals surface area contributed by atoms with Crippen LogP contribution in [0, 0.1) is 6.92 Å². The number of benzene rings is 2. The minimum absolute atomic E-state index is 0.0300. The molecule has 0 unspecified atom stereocenters. The van der Waals surface area contributed by atoms with E-state index < -0.39 is 10.0 Å². The highest BCUT2D eigenvalue weighted by Gasteiger charge is 2.23. The largest absolute Gasteiger partial charge is 0.350 e. The van der Waals surface area contributed by atoms with Gasteiger partial charge in [0.05, 0.1) is 10.6 Å². The van der Waals surface area contributed by atoms with E-state index >= 15 is 0 Å². The van der Waals surface area contributed by atoms with Gasteiger partial charge in [-0.25, -0.2) is 8.42 Å². The molecule has 25 heavy (non-hydrogen) atoms. The van der Waals surface area contributed by atoms with Crippen molar-refractivity contribution in [3.05, 3.63) is 59.7 Å². The summed E-state index contributed by atoms with van der Waals surface area (Å²) in [6.45, 7) is 5.74. The van der Waals surface area contributed by atoms with Crippen molar-refractivity contribution in [2.45, 2.75) is 38.1 Å². The Bertz CT molecular complexity index is 862. The average Bonchev–Trinajstić information content (AvgIpc) is 2.61. The second-order valence-corrected chi connectivity index (χ2v) is 8.04. The van der Waals surface area contributed by atoms with Crippen LogP contribution in [-0.2, 0) is 10.0 Å². The fraction of sp³-hybridized carbons (Fsp3) is 0.316. The number of carbonyl (C=O) groups is 1. The van der Waals surface area contributed by atoms with E-state index in [4.69, 9.17) is 0 Å². The Balaban J connectivity index is 2.36. The first kappa shape index (κ1) is 19.0. The Hall–Kier alpha value is -2.34. The summed E-state index contributed by atoms with van der Waals surface area (Å²) in [5, 5.41) is 2.85. The average molecular weight is 360 g/mol. The van der Waals surface area contributed by atoms with Crippen LogP contribution in [-0.4, -0.2) is 27.4 Å². The van der Waals surface area contributed by atoms with Crippen LogP contribution in [0.15, 0.2) is 53.4 Å². The van der Waals surface area contributed by atoms with Crippen LogP contribution in [0.1, 0.15) is 36.2 Å². The number of hydrogen-bond acceptors (Lipinski definition) is 3. The number of nitrogens with zero attached hydrogens (tertiary/aromatic N) is 1. The van der Waals surface area contributed by atoms with Gasteiger partial charge in [-0.3, -0.25) is 9.10 Å². The summed E-state index contributed by atoms with van der Waals surface area (Å²) >= 11 is 0. The van der Waals surface area contributed by atoms with Gasteiger partial charge in [0.1, 0.15) is 0 Å². The van der Waals surface area contributed by atoms with E-state index in [1.54, 1.807) is 24.3 Å². The number of para-hydroxylation sites is 1. The molecule has 0 saturated carbocycles. The number of aryl methyl sites for hydroxylation is 1. The second-order valence-electron chi connectivity index (χ2n) is 6.07. The molecular weight excluding hydrogens is 336 g/mol. The van der Waals surface area contributed by atoms with E-state index in [0.717, 1.165) is 12.0 Å². The Kier molecular flexibility index (Phi) is 5.85.